The van der Waals surface area contributed by atoms with E-state index in [9.17, 15) is 18.0 Å². The van der Waals surface area contributed by atoms with Crippen LogP contribution in [0.2, 0.25) is 5.02 Å². The quantitative estimate of drug-likeness (QED) is 0.535. The van der Waals surface area contributed by atoms with Crippen molar-refractivity contribution in [2.75, 3.05) is 18.8 Å². The molecule has 0 aliphatic carbocycles. The van der Waals surface area contributed by atoms with Gasteiger partial charge in [0.25, 0.3) is 5.56 Å². The van der Waals surface area contributed by atoms with Crippen molar-refractivity contribution in [1.82, 2.24) is 14.3 Å². The fraction of sp³-hybridized carbons (Fsp3) is 0.238. The summed E-state index contributed by atoms with van der Waals surface area (Å²) in [4.78, 5) is 13.1. The summed E-state index contributed by atoms with van der Waals surface area (Å²) in [7, 11) is -1.23. The molecule has 0 amide bonds. The van der Waals surface area contributed by atoms with E-state index < -0.39 is 38.6 Å². The molecule has 0 radical (unpaired) electrons. The van der Waals surface area contributed by atoms with E-state index in [1.807, 2.05) is 18.8 Å². The van der Waals surface area contributed by atoms with Crippen molar-refractivity contribution in [3.05, 3.63) is 69.0 Å². The molecule has 2 heterocycles. The Morgan fingerprint density at radius 2 is 1.77 bits per heavy atom. The van der Waals surface area contributed by atoms with Gasteiger partial charge in [0.05, 0.1) is 33.7 Å². The molecule has 0 fully saturated rings. The SMILES string of the molecule is CCn1c(-c2c(F)cc(F)cc2F)c(-n2cc(Cl)cn2)cc(C#CS(C)(C)C)c1=O. The fourth-order valence-corrected chi connectivity index (χ4v) is 3.44. The van der Waals surface area contributed by atoms with E-state index in [1.165, 1.54) is 27.7 Å². The van der Waals surface area contributed by atoms with E-state index in [0.29, 0.717) is 17.2 Å². The molecule has 0 unspecified atom stereocenters. The van der Waals surface area contributed by atoms with Gasteiger partial charge in [0, 0.05) is 24.9 Å². The van der Waals surface area contributed by atoms with E-state index in [-0.39, 0.29) is 23.5 Å². The molecule has 2 aromatic heterocycles. The molecule has 0 aliphatic rings. The van der Waals surface area contributed by atoms with Crippen molar-refractivity contribution >= 4 is 21.6 Å². The van der Waals surface area contributed by atoms with Crippen molar-refractivity contribution < 1.29 is 13.2 Å². The van der Waals surface area contributed by atoms with Crippen LogP contribution in [0.15, 0.2) is 35.4 Å². The van der Waals surface area contributed by atoms with Crippen molar-refractivity contribution in [1.29, 1.82) is 0 Å². The number of rotatable bonds is 3. The molecule has 0 spiro atoms. The maximum absolute atomic E-state index is 14.7. The third-order valence-corrected chi connectivity index (χ3v) is 5.03. The Kier molecular flexibility index (Phi) is 6.06. The van der Waals surface area contributed by atoms with E-state index in [4.69, 9.17) is 11.6 Å². The summed E-state index contributed by atoms with van der Waals surface area (Å²) in [6.45, 7) is 1.76. The standard InChI is InChI=1S/C21H19ClF3N3OS/c1-5-27-20(19-16(24)9-15(23)10-17(19)25)18(28-12-14(22)11-26-28)8-13(21(27)29)6-7-30(2,3)4/h8-12H,5H2,1-4H3. The number of pyridine rings is 1. The lowest BCUT2D eigenvalue weighted by molar-refractivity contribution is 0.544. The number of benzene rings is 1. The van der Waals surface area contributed by atoms with Crippen LogP contribution in [0.25, 0.3) is 16.9 Å². The second-order valence-electron chi connectivity index (χ2n) is 7.25. The average Bonchev–Trinajstić information content (AvgIpc) is 3.05. The average molecular weight is 454 g/mol. The van der Waals surface area contributed by atoms with Crippen LogP contribution in [0.1, 0.15) is 12.5 Å². The maximum Gasteiger partial charge on any atom is 0.266 e. The van der Waals surface area contributed by atoms with Crippen LogP contribution >= 0.6 is 21.6 Å². The van der Waals surface area contributed by atoms with Crippen LogP contribution < -0.4 is 5.56 Å². The van der Waals surface area contributed by atoms with Crippen molar-refractivity contribution in [3.63, 3.8) is 0 Å². The lowest BCUT2D eigenvalue weighted by atomic mass is 10.1. The number of hydrogen-bond acceptors (Lipinski definition) is 2. The molecular formula is C21H19ClF3N3OS. The Hall–Kier alpha value is -2.63. The zero-order valence-electron chi connectivity index (χ0n) is 16.8. The Balaban J connectivity index is 2.46. The summed E-state index contributed by atoms with van der Waals surface area (Å²) < 4.78 is 45.3. The Labute approximate surface area is 178 Å². The minimum Gasteiger partial charge on any atom is -0.305 e. The number of hydrogen-bond donors (Lipinski definition) is 0. The van der Waals surface area contributed by atoms with Crippen LogP contribution in [0.4, 0.5) is 13.2 Å². The van der Waals surface area contributed by atoms with Gasteiger partial charge in [0.15, 0.2) is 0 Å². The lowest BCUT2D eigenvalue weighted by Gasteiger charge is -2.19. The van der Waals surface area contributed by atoms with Crippen LogP contribution in [-0.2, 0) is 6.54 Å². The number of halogens is 4. The molecule has 0 bridgehead atoms. The van der Waals surface area contributed by atoms with E-state index in [0.717, 1.165) is 0 Å². The predicted molar refractivity (Wildman–Crippen MR) is 116 cm³/mol. The molecule has 3 rings (SSSR count). The molecule has 0 saturated carbocycles. The van der Waals surface area contributed by atoms with Gasteiger partial charge < -0.3 is 4.57 Å². The molecule has 0 saturated heterocycles. The van der Waals surface area contributed by atoms with Crippen molar-refractivity contribution in [2.24, 2.45) is 0 Å². The van der Waals surface area contributed by atoms with Gasteiger partial charge in [0.1, 0.15) is 17.5 Å². The first kappa shape index (κ1) is 22.1. The highest BCUT2D eigenvalue weighted by atomic mass is 35.5. The highest BCUT2D eigenvalue weighted by Gasteiger charge is 2.24. The van der Waals surface area contributed by atoms with E-state index >= 15 is 0 Å². The molecule has 9 heteroatoms. The summed E-state index contributed by atoms with van der Waals surface area (Å²) >= 11 is 5.98. The van der Waals surface area contributed by atoms with Crippen LogP contribution in [0, 0.1) is 28.6 Å². The largest absolute Gasteiger partial charge is 0.305 e. The first-order chi connectivity index (χ1) is 14.0. The summed E-state index contributed by atoms with van der Waals surface area (Å²) in [6, 6.07) is 2.56. The van der Waals surface area contributed by atoms with Gasteiger partial charge >= 0.3 is 0 Å². The van der Waals surface area contributed by atoms with Crippen LogP contribution in [-0.4, -0.2) is 33.1 Å². The molecule has 0 N–H and O–H groups in total. The predicted octanol–water partition coefficient (Wildman–Crippen LogP) is 4.79. The molecule has 0 atom stereocenters. The minimum atomic E-state index is -1.23. The first-order valence-corrected chi connectivity index (χ1v) is 12.1. The minimum absolute atomic E-state index is 0.0778. The highest BCUT2D eigenvalue weighted by Crippen LogP contribution is 2.34. The maximum atomic E-state index is 14.7. The monoisotopic (exact) mass is 453 g/mol. The molecule has 0 aliphatic heterocycles. The number of aromatic nitrogens is 3. The van der Waals surface area contributed by atoms with Gasteiger partial charge in [-0.15, -0.1) is 0 Å². The van der Waals surface area contributed by atoms with Crippen LogP contribution in [0.3, 0.4) is 0 Å². The van der Waals surface area contributed by atoms with Crippen molar-refractivity contribution in [3.8, 4) is 28.1 Å². The molecule has 1 aromatic carbocycles. The molecule has 158 valence electrons. The normalized spacial score (nSPS) is 11.9. The van der Waals surface area contributed by atoms with E-state index in [1.54, 1.807) is 6.92 Å². The lowest BCUT2D eigenvalue weighted by Crippen LogP contribution is -2.26. The second kappa shape index (κ2) is 8.25. The zero-order valence-corrected chi connectivity index (χ0v) is 18.3. The summed E-state index contributed by atoms with van der Waals surface area (Å²) in [5.41, 5.74) is -0.758. The summed E-state index contributed by atoms with van der Waals surface area (Å²) in [6.07, 6.45) is 8.73. The summed E-state index contributed by atoms with van der Waals surface area (Å²) in [5, 5.41) is 7.48. The van der Waals surface area contributed by atoms with Crippen LogP contribution in [0.5, 0.6) is 0 Å². The zero-order chi connectivity index (χ0) is 22.2. The van der Waals surface area contributed by atoms with Gasteiger partial charge in [-0.2, -0.15) is 15.1 Å². The molecule has 4 nitrogen and oxygen atoms in total. The van der Waals surface area contributed by atoms with Gasteiger partial charge in [-0.25, -0.2) is 17.9 Å². The Morgan fingerprint density at radius 3 is 2.27 bits per heavy atom. The molecule has 30 heavy (non-hydrogen) atoms. The Morgan fingerprint density at radius 1 is 1.13 bits per heavy atom. The highest BCUT2D eigenvalue weighted by molar-refractivity contribution is 8.35. The third kappa shape index (κ3) is 4.42. The fourth-order valence-electron chi connectivity index (χ4n) is 2.89. The smallest absolute Gasteiger partial charge is 0.266 e. The Bertz CT molecular complexity index is 1230. The number of nitrogens with zero attached hydrogens (tertiary/aromatic N) is 3. The first-order valence-electron chi connectivity index (χ1n) is 8.86. The second-order valence-corrected chi connectivity index (χ2v) is 11.6. The third-order valence-electron chi connectivity index (χ3n) is 4.12. The molecular weight excluding hydrogens is 435 g/mol. The van der Waals surface area contributed by atoms with Crippen molar-refractivity contribution in [2.45, 2.75) is 13.5 Å². The van der Waals surface area contributed by atoms with Gasteiger partial charge in [-0.1, -0.05) is 17.5 Å². The molecule has 3 aromatic rings. The van der Waals surface area contributed by atoms with Gasteiger partial charge in [-0.05, 0) is 37.0 Å². The van der Waals surface area contributed by atoms with E-state index in [2.05, 4.69) is 16.3 Å². The summed E-state index contributed by atoms with van der Waals surface area (Å²) in [5.74, 6) is -0.429. The topological polar surface area (TPSA) is 39.8 Å². The van der Waals surface area contributed by atoms with Gasteiger partial charge in [-0.3, -0.25) is 4.79 Å². The van der Waals surface area contributed by atoms with Gasteiger partial charge in [0.2, 0.25) is 0 Å².